The number of rotatable bonds is 2. The molecule has 0 aliphatic carbocycles. The maximum atomic E-state index is 6.01. The molecular formula is C12H22N4. The van der Waals surface area contributed by atoms with Gasteiger partial charge in [-0.3, -0.25) is 4.68 Å². The largest absolute Gasteiger partial charge is 0.357 e. The summed E-state index contributed by atoms with van der Waals surface area (Å²) in [6.07, 6.45) is 6.46. The van der Waals surface area contributed by atoms with E-state index in [1.54, 1.807) is 0 Å². The number of nitrogens with zero attached hydrogens (tertiary/aromatic N) is 3. The minimum absolute atomic E-state index is 0.378. The Hall–Kier alpha value is -1.03. The van der Waals surface area contributed by atoms with Gasteiger partial charge in [0.1, 0.15) is 5.82 Å². The van der Waals surface area contributed by atoms with E-state index in [1.807, 2.05) is 17.9 Å². The van der Waals surface area contributed by atoms with Crippen LogP contribution < -0.4 is 10.6 Å². The van der Waals surface area contributed by atoms with Crippen molar-refractivity contribution in [1.82, 2.24) is 9.78 Å². The predicted octanol–water partition coefficient (Wildman–Crippen LogP) is 1.30. The molecule has 1 saturated heterocycles. The van der Waals surface area contributed by atoms with Gasteiger partial charge < -0.3 is 10.6 Å². The summed E-state index contributed by atoms with van der Waals surface area (Å²) in [4.78, 5) is 2.44. The van der Waals surface area contributed by atoms with Crippen LogP contribution in [0.15, 0.2) is 6.20 Å². The van der Waals surface area contributed by atoms with E-state index in [2.05, 4.69) is 16.9 Å². The van der Waals surface area contributed by atoms with E-state index in [0.717, 1.165) is 32.4 Å². The Kier molecular flexibility index (Phi) is 3.49. The molecule has 0 radical (unpaired) electrons. The smallest absolute Gasteiger partial charge is 0.129 e. The third-order valence-electron chi connectivity index (χ3n) is 3.43. The van der Waals surface area contributed by atoms with Crippen molar-refractivity contribution in [2.45, 2.75) is 38.6 Å². The number of aromatic nitrogens is 2. The van der Waals surface area contributed by atoms with Gasteiger partial charge in [0.15, 0.2) is 0 Å². The molecule has 0 unspecified atom stereocenters. The number of aryl methyl sites for hydroxylation is 2. The summed E-state index contributed by atoms with van der Waals surface area (Å²) < 4.78 is 2.00. The first-order valence-electron chi connectivity index (χ1n) is 6.23. The second kappa shape index (κ2) is 4.87. The first kappa shape index (κ1) is 11.5. The van der Waals surface area contributed by atoms with E-state index < -0.39 is 0 Å². The summed E-state index contributed by atoms with van der Waals surface area (Å²) in [7, 11) is 2.03. The minimum Gasteiger partial charge on any atom is -0.357 e. The molecule has 90 valence electrons. The maximum absolute atomic E-state index is 6.01. The molecule has 2 rings (SSSR count). The van der Waals surface area contributed by atoms with E-state index in [4.69, 9.17) is 5.73 Å². The normalized spacial score (nSPS) is 22.2. The van der Waals surface area contributed by atoms with Crippen molar-refractivity contribution in [3.63, 3.8) is 0 Å². The lowest BCUT2D eigenvalue weighted by Crippen LogP contribution is -2.28. The number of hydrogen-bond donors (Lipinski definition) is 1. The Morgan fingerprint density at radius 3 is 3.00 bits per heavy atom. The highest BCUT2D eigenvalue weighted by atomic mass is 15.4. The van der Waals surface area contributed by atoms with Crippen LogP contribution in [-0.4, -0.2) is 28.9 Å². The molecule has 4 heteroatoms. The molecular weight excluding hydrogens is 200 g/mol. The van der Waals surface area contributed by atoms with Gasteiger partial charge >= 0.3 is 0 Å². The van der Waals surface area contributed by atoms with Crippen molar-refractivity contribution in [2.24, 2.45) is 12.8 Å². The van der Waals surface area contributed by atoms with E-state index in [1.165, 1.54) is 17.8 Å². The SMILES string of the molecule is CCc1cnn(C)c1N1CCC[C@@H](N)CC1. The highest BCUT2D eigenvalue weighted by Gasteiger charge is 2.19. The summed E-state index contributed by atoms with van der Waals surface area (Å²) in [6.45, 7) is 4.36. The molecule has 0 bridgehead atoms. The Morgan fingerprint density at radius 1 is 1.44 bits per heavy atom. The van der Waals surface area contributed by atoms with Gasteiger partial charge in [-0.25, -0.2) is 0 Å². The highest BCUT2D eigenvalue weighted by molar-refractivity contribution is 5.47. The second-order valence-corrected chi connectivity index (χ2v) is 4.65. The Bertz CT molecular complexity index is 345. The van der Waals surface area contributed by atoms with Crippen molar-refractivity contribution in [1.29, 1.82) is 0 Å². The Morgan fingerprint density at radius 2 is 2.25 bits per heavy atom. The molecule has 1 aliphatic rings. The summed E-state index contributed by atoms with van der Waals surface area (Å²) in [5.74, 6) is 1.29. The van der Waals surface area contributed by atoms with Crippen molar-refractivity contribution in [3.05, 3.63) is 11.8 Å². The molecule has 16 heavy (non-hydrogen) atoms. The summed E-state index contributed by atoms with van der Waals surface area (Å²) >= 11 is 0. The van der Waals surface area contributed by atoms with Crippen LogP contribution in [-0.2, 0) is 13.5 Å². The average molecular weight is 222 g/mol. The van der Waals surface area contributed by atoms with E-state index in [0.29, 0.717) is 6.04 Å². The zero-order valence-electron chi connectivity index (χ0n) is 10.3. The highest BCUT2D eigenvalue weighted by Crippen LogP contribution is 2.23. The summed E-state index contributed by atoms with van der Waals surface area (Å²) in [5.41, 5.74) is 7.36. The molecule has 2 heterocycles. The average Bonchev–Trinajstić information content (AvgIpc) is 2.51. The van der Waals surface area contributed by atoms with Crippen molar-refractivity contribution >= 4 is 5.82 Å². The molecule has 1 aliphatic heterocycles. The van der Waals surface area contributed by atoms with Crippen LogP contribution in [0.3, 0.4) is 0 Å². The van der Waals surface area contributed by atoms with Crippen LogP contribution >= 0.6 is 0 Å². The van der Waals surface area contributed by atoms with Crippen LogP contribution in [0.1, 0.15) is 31.7 Å². The zero-order chi connectivity index (χ0) is 11.5. The molecule has 1 aromatic rings. The Labute approximate surface area is 97.4 Å². The molecule has 0 spiro atoms. The lowest BCUT2D eigenvalue weighted by molar-refractivity contribution is 0.601. The van der Waals surface area contributed by atoms with Crippen LogP contribution in [0.2, 0.25) is 0 Å². The van der Waals surface area contributed by atoms with Crippen molar-refractivity contribution < 1.29 is 0 Å². The lowest BCUT2D eigenvalue weighted by atomic mass is 10.1. The van der Waals surface area contributed by atoms with Gasteiger partial charge in [0.05, 0.1) is 6.20 Å². The topological polar surface area (TPSA) is 47.1 Å². The molecule has 0 aromatic carbocycles. The van der Waals surface area contributed by atoms with E-state index in [9.17, 15) is 0 Å². The number of anilines is 1. The second-order valence-electron chi connectivity index (χ2n) is 4.65. The molecule has 4 nitrogen and oxygen atoms in total. The molecule has 1 aromatic heterocycles. The van der Waals surface area contributed by atoms with Crippen molar-refractivity contribution in [3.8, 4) is 0 Å². The third-order valence-corrected chi connectivity index (χ3v) is 3.43. The molecule has 2 N–H and O–H groups in total. The minimum atomic E-state index is 0.378. The van der Waals surface area contributed by atoms with Gasteiger partial charge in [-0.2, -0.15) is 5.10 Å². The van der Waals surface area contributed by atoms with Gasteiger partial charge in [0.2, 0.25) is 0 Å². The number of hydrogen-bond acceptors (Lipinski definition) is 3. The predicted molar refractivity (Wildman–Crippen MR) is 66.6 cm³/mol. The number of nitrogens with two attached hydrogens (primary N) is 1. The molecule has 1 fully saturated rings. The molecule has 0 saturated carbocycles. The van der Waals surface area contributed by atoms with Gasteiger partial charge in [0, 0.05) is 31.7 Å². The van der Waals surface area contributed by atoms with E-state index in [-0.39, 0.29) is 0 Å². The van der Waals surface area contributed by atoms with E-state index >= 15 is 0 Å². The monoisotopic (exact) mass is 222 g/mol. The van der Waals surface area contributed by atoms with Crippen LogP contribution in [0.25, 0.3) is 0 Å². The van der Waals surface area contributed by atoms with Gasteiger partial charge in [-0.05, 0) is 25.7 Å². The van der Waals surface area contributed by atoms with Crippen LogP contribution in [0, 0.1) is 0 Å². The molecule has 1 atom stereocenters. The fourth-order valence-electron chi connectivity index (χ4n) is 2.47. The fourth-order valence-corrected chi connectivity index (χ4v) is 2.47. The van der Waals surface area contributed by atoms with Crippen LogP contribution in [0.5, 0.6) is 0 Å². The Balaban J connectivity index is 2.18. The van der Waals surface area contributed by atoms with Gasteiger partial charge in [-0.15, -0.1) is 0 Å². The van der Waals surface area contributed by atoms with Crippen LogP contribution in [0.4, 0.5) is 5.82 Å². The van der Waals surface area contributed by atoms with Gasteiger partial charge in [0.25, 0.3) is 0 Å². The third kappa shape index (κ3) is 2.21. The summed E-state index contributed by atoms with van der Waals surface area (Å²) in [5, 5.41) is 4.36. The zero-order valence-corrected chi connectivity index (χ0v) is 10.3. The van der Waals surface area contributed by atoms with Crippen molar-refractivity contribution in [2.75, 3.05) is 18.0 Å². The standard InChI is InChI=1S/C12H22N4/c1-3-10-9-14-15(2)12(10)16-7-4-5-11(13)6-8-16/h9,11H,3-8,13H2,1-2H3/t11-/m1/s1. The molecule has 0 amide bonds. The van der Waals surface area contributed by atoms with Gasteiger partial charge in [-0.1, -0.05) is 6.92 Å². The lowest BCUT2D eigenvalue weighted by Gasteiger charge is -2.23. The first-order valence-corrected chi connectivity index (χ1v) is 6.23. The quantitative estimate of drug-likeness (QED) is 0.820. The summed E-state index contributed by atoms with van der Waals surface area (Å²) in [6, 6.07) is 0.378. The maximum Gasteiger partial charge on any atom is 0.129 e. The fraction of sp³-hybridized carbons (Fsp3) is 0.750. The first-order chi connectivity index (χ1) is 7.72.